The number of benzene rings is 1. The quantitative estimate of drug-likeness (QED) is 0.611. The number of nitrogens with one attached hydrogen (secondary N) is 1. The van der Waals surface area contributed by atoms with Gasteiger partial charge < -0.3 is 15.0 Å². The van der Waals surface area contributed by atoms with Crippen LogP contribution in [0.4, 0.5) is 4.79 Å². The van der Waals surface area contributed by atoms with Gasteiger partial charge in [-0.3, -0.25) is 4.79 Å². The summed E-state index contributed by atoms with van der Waals surface area (Å²) in [5, 5.41) is 8.22. The lowest BCUT2D eigenvalue weighted by Gasteiger charge is -2.31. The molecule has 8 nitrogen and oxygen atoms in total. The van der Waals surface area contributed by atoms with E-state index in [1.54, 1.807) is 22.5 Å². The summed E-state index contributed by atoms with van der Waals surface area (Å²) in [5.41, 5.74) is 4.95. The summed E-state index contributed by atoms with van der Waals surface area (Å²) in [7, 11) is 0. The number of hydrogen-bond acceptors (Lipinski definition) is 5. The number of likely N-dealkylation sites (tertiary alicyclic amines) is 1. The topological polar surface area (TPSA) is 88.8 Å². The lowest BCUT2D eigenvalue weighted by molar-refractivity contribution is 0.0861. The van der Waals surface area contributed by atoms with Crippen LogP contribution in [0.25, 0.3) is 5.65 Å². The highest BCUT2D eigenvalue weighted by Crippen LogP contribution is 2.22. The molecule has 9 heteroatoms. The predicted octanol–water partition coefficient (Wildman–Crippen LogP) is 3.94. The Morgan fingerprint density at radius 2 is 2.00 bits per heavy atom. The number of hydrogen-bond donors (Lipinski definition) is 1. The van der Waals surface area contributed by atoms with Crippen LogP contribution < -0.4 is 5.32 Å². The number of aryl methyl sites for hydroxylation is 2. The molecule has 0 unspecified atom stereocenters. The number of fused-ring (bicyclic) bond motifs is 1. The van der Waals surface area contributed by atoms with Gasteiger partial charge in [-0.25, -0.2) is 14.3 Å². The van der Waals surface area contributed by atoms with Crippen LogP contribution in [0.1, 0.15) is 52.6 Å². The van der Waals surface area contributed by atoms with Gasteiger partial charge in [-0.05, 0) is 56.9 Å². The highest BCUT2D eigenvalue weighted by atomic mass is 35.5. The summed E-state index contributed by atoms with van der Waals surface area (Å²) in [6, 6.07) is 7.75. The SMILES string of the molecule is CCOC(=O)N1CCC(NC(=O)c2cnn3c(C)c(Cc4cccc(Cl)c4)c(C)nc23)CC1. The fourth-order valence-corrected chi connectivity index (χ4v) is 4.48. The van der Waals surface area contributed by atoms with Crippen molar-refractivity contribution in [2.75, 3.05) is 19.7 Å². The molecule has 4 rings (SSSR count). The summed E-state index contributed by atoms with van der Waals surface area (Å²) in [6.07, 6.45) is 3.31. The maximum atomic E-state index is 13.0. The number of aromatic nitrogens is 3. The highest BCUT2D eigenvalue weighted by Gasteiger charge is 2.26. The molecule has 0 spiro atoms. The number of amides is 2. The Balaban J connectivity index is 1.49. The van der Waals surface area contributed by atoms with E-state index in [9.17, 15) is 9.59 Å². The molecule has 0 bridgehead atoms. The summed E-state index contributed by atoms with van der Waals surface area (Å²) >= 11 is 6.14. The highest BCUT2D eigenvalue weighted by molar-refractivity contribution is 6.30. The zero-order valence-electron chi connectivity index (χ0n) is 19.1. The van der Waals surface area contributed by atoms with E-state index in [-0.39, 0.29) is 18.0 Å². The minimum absolute atomic E-state index is 0.0116. The Hall–Kier alpha value is -3.13. The molecule has 0 saturated carbocycles. The van der Waals surface area contributed by atoms with Gasteiger partial charge in [-0.1, -0.05) is 23.7 Å². The van der Waals surface area contributed by atoms with E-state index in [4.69, 9.17) is 21.3 Å². The number of halogens is 1. The minimum Gasteiger partial charge on any atom is -0.450 e. The molecule has 1 aromatic carbocycles. The van der Waals surface area contributed by atoms with Crippen LogP contribution in [0.5, 0.6) is 0 Å². The molecule has 1 saturated heterocycles. The zero-order chi connectivity index (χ0) is 23.5. The van der Waals surface area contributed by atoms with E-state index in [0.717, 1.165) is 22.5 Å². The molecule has 3 heterocycles. The molecule has 1 aliphatic heterocycles. The summed E-state index contributed by atoms with van der Waals surface area (Å²) < 4.78 is 6.78. The second-order valence-corrected chi connectivity index (χ2v) is 8.73. The number of carbonyl (C=O) groups excluding carboxylic acids is 2. The average Bonchev–Trinajstić information content (AvgIpc) is 3.21. The van der Waals surface area contributed by atoms with Gasteiger partial charge in [0.2, 0.25) is 0 Å². The first kappa shape index (κ1) is 23.0. The van der Waals surface area contributed by atoms with E-state index >= 15 is 0 Å². The molecule has 1 fully saturated rings. The van der Waals surface area contributed by atoms with Gasteiger partial charge in [0, 0.05) is 42.0 Å². The van der Waals surface area contributed by atoms with Crippen LogP contribution in [-0.2, 0) is 11.2 Å². The molecular weight excluding hydrogens is 442 g/mol. The second-order valence-electron chi connectivity index (χ2n) is 8.30. The Labute approximate surface area is 197 Å². The molecule has 2 aromatic heterocycles. The van der Waals surface area contributed by atoms with Gasteiger partial charge in [0.25, 0.3) is 5.91 Å². The Kier molecular flexibility index (Phi) is 6.83. The predicted molar refractivity (Wildman–Crippen MR) is 126 cm³/mol. The minimum atomic E-state index is -0.298. The first-order chi connectivity index (χ1) is 15.9. The van der Waals surface area contributed by atoms with Crippen LogP contribution in [-0.4, -0.2) is 57.2 Å². The largest absolute Gasteiger partial charge is 0.450 e. The van der Waals surface area contributed by atoms with Crippen molar-refractivity contribution in [2.24, 2.45) is 0 Å². The molecule has 1 aliphatic rings. The van der Waals surface area contributed by atoms with Crippen molar-refractivity contribution >= 4 is 29.2 Å². The number of nitrogens with zero attached hydrogens (tertiary/aromatic N) is 4. The smallest absolute Gasteiger partial charge is 0.409 e. The molecule has 3 aromatic rings. The van der Waals surface area contributed by atoms with Crippen molar-refractivity contribution < 1.29 is 14.3 Å². The molecule has 0 aliphatic carbocycles. The van der Waals surface area contributed by atoms with Gasteiger partial charge in [0.05, 0.1) is 12.8 Å². The van der Waals surface area contributed by atoms with Crippen molar-refractivity contribution in [1.82, 2.24) is 24.8 Å². The monoisotopic (exact) mass is 469 g/mol. The van der Waals surface area contributed by atoms with Crippen molar-refractivity contribution in [1.29, 1.82) is 0 Å². The van der Waals surface area contributed by atoms with E-state index in [1.807, 2.05) is 38.1 Å². The number of ether oxygens (including phenoxy) is 1. The van der Waals surface area contributed by atoms with E-state index in [2.05, 4.69) is 10.4 Å². The first-order valence-corrected chi connectivity index (χ1v) is 11.6. The molecule has 2 amide bonds. The standard InChI is InChI=1S/C24H28ClN5O3/c1-4-33-24(32)29-10-8-19(9-11-29)28-23(31)21-14-26-30-16(3)20(15(2)27-22(21)30)13-17-6-5-7-18(25)12-17/h5-7,12,14,19H,4,8-11,13H2,1-3H3,(H,28,31). The fourth-order valence-electron chi connectivity index (χ4n) is 4.26. The van der Waals surface area contributed by atoms with Crippen LogP contribution >= 0.6 is 11.6 Å². The Morgan fingerprint density at radius 1 is 1.24 bits per heavy atom. The summed E-state index contributed by atoms with van der Waals surface area (Å²) in [4.78, 5) is 31.3. The summed E-state index contributed by atoms with van der Waals surface area (Å²) in [5.74, 6) is -0.200. The average molecular weight is 470 g/mol. The maximum Gasteiger partial charge on any atom is 0.409 e. The van der Waals surface area contributed by atoms with Gasteiger partial charge >= 0.3 is 6.09 Å². The van der Waals surface area contributed by atoms with E-state index in [0.29, 0.717) is 55.2 Å². The van der Waals surface area contributed by atoms with Crippen molar-refractivity contribution in [3.63, 3.8) is 0 Å². The van der Waals surface area contributed by atoms with Gasteiger partial charge in [-0.15, -0.1) is 0 Å². The number of carbonyl (C=O) groups is 2. The van der Waals surface area contributed by atoms with E-state index in [1.165, 1.54) is 0 Å². The Morgan fingerprint density at radius 3 is 2.70 bits per heavy atom. The van der Waals surface area contributed by atoms with Gasteiger partial charge in [0.15, 0.2) is 5.65 Å². The van der Waals surface area contributed by atoms with Crippen LogP contribution in [0.3, 0.4) is 0 Å². The molecule has 0 atom stereocenters. The first-order valence-electron chi connectivity index (χ1n) is 11.2. The van der Waals surface area contributed by atoms with Crippen molar-refractivity contribution in [2.45, 2.75) is 46.1 Å². The van der Waals surface area contributed by atoms with Crippen molar-refractivity contribution in [3.05, 3.63) is 63.6 Å². The maximum absolute atomic E-state index is 13.0. The van der Waals surface area contributed by atoms with Crippen molar-refractivity contribution in [3.8, 4) is 0 Å². The lowest BCUT2D eigenvalue weighted by Crippen LogP contribution is -2.46. The van der Waals surface area contributed by atoms with Gasteiger partial charge in [-0.2, -0.15) is 5.10 Å². The fraction of sp³-hybridized carbons (Fsp3) is 0.417. The molecular formula is C24H28ClN5O3. The van der Waals surface area contributed by atoms with Gasteiger partial charge in [0.1, 0.15) is 5.56 Å². The molecule has 33 heavy (non-hydrogen) atoms. The third-order valence-corrected chi connectivity index (χ3v) is 6.31. The Bertz CT molecular complexity index is 1180. The third kappa shape index (κ3) is 4.95. The zero-order valence-corrected chi connectivity index (χ0v) is 19.9. The second kappa shape index (κ2) is 9.79. The number of piperidine rings is 1. The third-order valence-electron chi connectivity index (χ3n) is 6.08. The van der Waals surface area contributed by atoms with Crippen LogP contribution in [0, 0.1) is 13.8 Å². The van der Waals surface area contributed by atoms with E-state index < -0.39 is 0 Å². The number of rotatable bonds is 5. The lowest BCUT2D eigenvalue weighted by atomic mass is 10.0. The molecule has 0 radical (unpaired) electrons. The molecule has 174 valence electrons. The van der Waals surface area contributed by atoms with Crippen LogP contribution in [0.2, 0.25) is 5.02 Å². The summed E-state index contributed by atoms with van der Waals surface area (Å²) in [6.45, 7) is 7.20. The molecule has 1 N–H and O–H groups in total. The normalized spacial score (nSPS) is 14.5. The van der Waals surface area contributed by atoms with Crippen LogP contribution in [0.15, 0.2) is 30.5 Å².